The second-order valence-corrected chi connectivity index (χ2v) is 17.0. The maximum absolute atomic E-state index is 7.08. The third-order valence-electron chi connectivity index (χ3n) is 15.3. The van der Waals surface area contributed by atoms with E-state index < -0.39 is 0 Å². The van der Waals surface area contributed by atoms with Crippen LogP contribution in [0, 0.1) is 76.9 Å². The monoisotopic (exact) mass is 578 g/mol. The Morgan fingerprint density at radius 3 is 2.12 bits per heavy atom. The van der Waals surface area contributed by atoms with Crippen molar-refractivity contribution < 1.29 is 4.74 Å². The van der Waals surface area contributed by atoms with Gasteiger partial charge in [0.25, 0.3) is 0 Å². The zero-order valence-corrected chi connectivity index (χ0v) is 26.8. The summed E-state index contributed by atoms with van der Waals surface area (Å²) in [5.74, 6) is 11.7. The van der Waals surface area contributed by atoms with Gasteiger partial charge in [-0.05, 0) is 160 Å². The number of ether oxygens (including phenoxy) is 1. The summed E-state index contributed by atoms with van der Waals surface area (Å²) in [6, 6.07) is 0. The van der Waals surface area contributed by atoms with E-state index >= 15 is 0 Å². The molecule has 0 aromatic rings. The fraction of sp³-hybridized carbons (Fsp3) is 0.762. The fourth-order valence-corrected chi connectivity index (χ4v) is 13.9. The summed E-state index contributed by atoms with van der Waals surface area (Å²) >= 11 is 0. The van der Waals surface area contributed by atoms with Gasteiger partial charge in [-0.1, -0.05) is 80.4 Å². The van der Waals surface area contributed by atoms with Crippen molar-refractivity contribution in [2.24, 2.45) is 76.9 Å². The van der Waals surface area contributed by atoms with E-state index in [9.17, 15) is 0 Å². The minimum atomic E-state index is 0.344. The summed E-state index contributed by atoms with van der Waals surface area (Å²) in [5, 5.41) is 0. The molecule has 232 valence electrons. The smallest absolute Gasteiger partial charge is 0.0829 e. The lowest BCUT2D eigenvalue weighted by atomic mass is 9.43. The molecule has 4 saturated carbocycles. The molecular formula is C42H58O. The summed E-state index contributed by atoms with van der Waals surface area (Å²) in [5.41, 5.74) is 1.71. The molecule has 1 heteroatoms. The summed E-state index contributed by atoms with van der Waals surface area (Å²) < 4.78 is 7.08. The average Bonchev–Trinajstić information content (AvgIpc) is 3.46. The van der Waals surface area contributed by atoms with Crippen LogP contribution in [-0.2, 0) is 4.74 Å². The van der Waals surface area contributed by atoms with E-state index in [4.69, 9.17) is 4.74 Å². The van der Waals surface area contributed by atoms with Crippen molar-refractivity contribution >= 4 is 0 Å². The lowest BCUT2D eigenvalue weighted by Crippen LogP contribution is -2.56. The maximum atomic E-state index is 7.08. The Kier molecular flexibility index (Phi) is 7.66. The van der Waals surface area contributed by atoms with Crippen LogP contribution in [0.2, 0.25) is 0 Å². The third kappa shape index (κ3) is 4.87. The topological polar surface area (TPSA) is 9.23 Å². The number of allylic oxidation sites excluding steroid dienone is 8. The van der Waals surface area contributed by atoms with Crippen LogP contribution in [0.1, 0.15) is 109 Å². The van der Waals surface area contributed by atoms with Crippen LogP contribution in [0.4, 0.5) is 0 Å². The highest BCUT2D eigenvalue weighted by molar-refractivity contribution is 5.27. The van der Waals surface area contributed by atoms with E-state index in [2.05, 4.69) is 54.7 Å². The Balaban J connectivity index is 1.08. The summed E-state index contributed by atoms with van der Waals surface area (Å²) in [7, 11) is 0. The van der Waals surface area contributed by atoms with E-state index in [-0.39, 0.29) is 0 Å². The molecule has 5 fully saturated rings. The Morgan fingerprint density at radius 1 is 0.581 bits per heavy atom. The molecular weight excluding hydrogens is 520 g/mol. The van der Waals surface area contributed by atoms with Crippen molar-refractivity contribution in [1.82, 2.24) is 0 Å². The zero-order chi connectivity index (χ0) is 28.3. The lowest BCUT2D eigenvalue weighted by molar-refractivity contribution is -0.132. The molecule has 0 N–H and O–H groups in total. The predicted octanol–water partition coefficient (Wildman–Crippen LogP) is 10.7. The molecule has 1 heterocycles. The predicted molar refractivity (Wildman–Crippen MR) is 177 cm³/mol. The fourth-order valence-electron chi connectivity index (χ4n) is 13.9. The van der Waals surface area contributed by atoms with Gasteiger partial charge in [-0.25, -0.2) is 0 Å². The van der Waals surface area contributed by atoms with Crippen molar-refractivity contribution in [1.29, 1.82) is 0 Å². The van der Waals surface area contributed by atoms with Gasteiger partial charge in [-0.15, -0.1) is 0 Å². The summed E-state index contributed by atoms with van der Waals surface area (Å²) in [6.45, 7) is 0. The van der Waals surface area contributed by atoms with E-state index in [1.807, 2.05) is 0 Å². The normalized spacial score (nSPS) is 51.9. The first-order valence-corrected chi connectivity index (χ1v) is 19.4. The van der Waals surface area contributed by atoms with Gasteiger partial charge >= 0.3 is 0 Å². The first kappa shape index (κ1) is 27.9. The van der Waals surface area contributed by atoms with Gasteiger partial charge in [0, 0.05) is 5.92 Å². The Hall–Kier alpha value is -1.34. The van der Waals surface area contributed by atoms with Gasteiger partial charge < -0.3 is 4.74 Å². The van der Waals surface area contributed by atoms with Gasteiger partial charge in [0.05, 0.1) is 12.2 Å². The second kappa shape index (κ2) is 11.8. The van der Waals surface area contributed by atoms with Crippen LogP contribution in [0.5, 0.6) is 0 Å². The Bertz CT molecular complexity index is 1150. The van der Waals surface area contributed by atoms with Gasteiger partial charge in [0.15, 0.2) is 0 Å². The van der Waals surface area contributed by atoms with Crippen molar-refractivity contribution in [3.63, 3.8) is 0 Å². The van der Waals surface area contributed by atoms with Crippen LogP contribution in [0.15, 0.2) is 60.3 Å². The van der Waals surface area contributed by atoms with Crippen LogP contribution in [0.25, 0.3) is 0 Å². The molecule has 43 heavy (non-hydrogen) atoms. The first-order chi connectivity index (χ1) is 21.3. The molecule has 1 nitrogen and oxygen atoms in total. The van der Waals surface area contributed by atoms with Crippen LogP contribution in [-0.4, -0.2) is 12.2 Å². The number of hydrogen-bond acceptors (Lipinski definition) is 1. The Morgan fingerprint density at radius 2 is 1.35 bits per heavy atom. The van der Waals surface area contributed by atoms with Crippen LogP contribution < -0.4 is 0 Å². The molecule has 0 aromatic carbocycles. The largest absolute Gasteiger partial charge is 0.370 e. The van der Waals surface area contributed by atoms with Gasteiger partial charge in [-0.2, -0.15) is 0 Å². The van der Waals surface area contributed by atoms with E-state index in [0.29, 0.717) is 18.1 Å². The van der Waals surface area contributed by atoms with E-state index in [0.717, 1.165) is 71.0 Å². The molecule has 0 aromatic heterocycles. The van der Waals surface area contributed by atoms with Gasteiger partial charge in [0.1, 0.15) is 0 Å². The molecule has 1 saturated heterocycles. The summed E-state index contributed by atoms with van der Waals surface area (Å²) in [6.07, 6.45) is 48.2. The minimum absolute atomic E-state index is 0.344. The average molecular weight is 579 g/mol. The molecule has 8 aliphatic carbocycles. The quantitative estimate of drug-likeness (QED) is 0.303. The highest BCUT2D eigenvalue weighted by Gasteiger charge is 2.60. The molecule has 0 amide bonds. The van der Waals surface area contributed by atoms with Crippen molar-refractivity contribution in [3.8, 4) is 0 Å². The molecule has 13 unspecified atom stereocenters. The van der Waals surface area contributed by atoms with E-state index in [1.165, 1.54) is 83.5 Å². The molecule has 9 rings (SSSR count). The lowest BCUT2D eigenvalue weighted by Gasteiger charge is -2.61. The molecule has 9 aliphatic rings. The minimum Gasteiger partial charge on any atom is -0.370 e. The van der Waals surface area contributed by atoms with Crippen LogP contribution in [0.3, 0.4) is 0 Å². The standard InChI is InChI=1S/C42H58O/c1-2-12-27(13-3-1)31-25-37(42-36-20-10-11-21-38(36)43-39(42)26-31)41-34-18-8-6-16-32(34)40(33-17-7-9-19-35(33)41)30-23-22-28-14-4-5-15-29(28)24-30/h2,4,10-12,14,20-22,27,29-42H,1,3,5-9,13,15-19,23-26H2. The zero-order valence-electron chi connectivity index (χ0n) is 26.8. The van der Waals surface area contributed by atoms with Crippen molar-refractivity contribution in [3.05, 3.63) is 60.3 Å². The van der Waals surface area contributed by atoms with E-state index in [1.54, 1.807) is 31.3 Å². The Labute approximate surface area is 262 Å². The number of hydrogen-bond donors (Lipinski definition) is 0. The number of fused-ring (bicyclic) bond motifs is 6. The first-order valence-electron chi connectivity index (χ1n) is 19.4. The SMILES string of the molecule is C1=CC2OC3CC(C4C=CCCC4)CC(C4C5CCCCC5C(C5CC=C6C=CCCC6C5)C5CCCCC54)C3C2C=C1. The molecule has 1 aliphatic heterocycles. The number of rotatable bonds is 3. The summed E-state index contributed by atoms with van der Waals surface area (Å²) in [4.78, 5) is 0. The second-order valence-electron chi connectivity index (χ2n) is 17.0. The molecule has 0 spiro atoms. The van der Waals surface area contributed by atoms with Crippen molar-refractivity contribution in [2.75, 3.05) is 0 Å². The molecule has 0 radical (unpaired) electrons. The van der Waals surface area contributed by atoms with Gasteiger partial charge in [0.2, 0.25) is 0 Å². The highest BCUT2D eigenvalue weighted by atomic mass is 16.5. The molecule has 13 atom stereocenters. The molecule has 0 bridgehead atoms. The third-order valence-corrected chi connectivity index (χ3v) is 15.3. The van der Waals surface area contributed by atoms with Crippen molar-refractivity contribution in [2.45, 2.75) is 121 Å². The highest BCUT2D eigenvalue weighted by Crippen LogP contribution is 2.65. The van der Waals surface area contributed by atoms with Crippen LogP contribution >= 0.6 is 0 Å². The maximum Gasteiger partial charge on any atom is 0.0829 e. The van der Waals surface area contributed by atoms with Gasteiger partial charge in [-0.3, -0.25) is 0 Å².